The molecule has 2 aromatic rings. The molecular formula is C17H17NO7. The van der Waals surface area contributed by atoms with Crippen molar-refractivity contribution in [2.45, 2.75) is 6.61 Å². The molecule has 0 saturated carbocycles. The van der Waals surface area contributed by atoms with Crippen LogP contribution < -0.4 is 14.2 Å². The standard InChI is InChI=1S/C17H17NO7/c1-22-14-7-5-4-6-11(14)10-25-17(19)12-8-15(23-2)16(24-3)9-13(12)18(20)21/h4-9H,10H2,1-3H3. The summed E-state index contributed by atoms with van der Waals surface area (Å²) in [6.45, 7) is -0.0889. The Balaban J connectivity index is 2.30. The fraction of sp³-hybridized carbons (Fsp3) is 0.235. The van der Waals surface area contributed by atoms with Crippen molar-refractivity contribution < 1.29 is 28.7 Å². The molecule has 0 fully saturated rings. The minimum absolute atomic E-state index is 0.0889. The molecule has 0 amide bonds. The fourth-order valence-corrected chi connectivity index (χ4v) is 2.23. The normalized spacial score (nSPS) is 10.0. The highest BCUT2D eigenvalue weighted by molar-refractivity contribution is 5.95. The molecule has 0 aliphatic rings. The summed E-state index contributed by atoms with van der Waals surface area (Å²) in [6.07, 6.45) is 0. The number of para-hydroxylation sites is 1. The number of carbonyl (C=O) groups excluding carboxylic acids is 1. The second kappa shape index (κ2) is 8.00. The lowest BCUT2D eigenvalue weighted by Gasteiger charge is -2.11. The zero-order chi connectivity index (χ0) is 18.4. The predicted molar refractivity (Wildman–Crippen MR) is 88.3 cm³/mol. The maximum Gasteiger partial charge on any atom is 0.345 e. The van der Waals surface area contributed by atoms with Gasteiger partial charge in [0.15, 0.2) is 11.5 Å². The number of hydrogen-bond acceptors (Lipinski definition) is 7. The Morgan fingerprint density at radius 3 is 2.20 bits per heavy atom. The number of nitro benzene ring substituents is 1. The van der Waals surface area contributed by atoms with Crippen LogP contribution in [0.2, 0.25) is 0 Å². The highest BCUT2D eigenvalue weighted by Gasteiger charge is 2.26. The highest BCUT2D eigenvalue weighted by atomic mass is 16.6. The molecule has 0 saturated heterocycles. The first-order valence-electron chi connectivity index (χ1n) is 7.21. The van der Waals surface area contributed by atoms with E-state index in [-0.39, 0.29) is 23.7 Å². The number of nitro groups is 1. The molecule has 132 valence electrons. The van der Waals surface area contributed by atoms with Gasteiger partial charge >= 0.3 is 5.97 Å². The quantitative estimate of drug-likeness (QED) is 0.431. The van der Waals surface area contributed by atoms with Crippen molar-refractivity contribution in [3.05, 3.63) is 57.6 Å². The summed E-state index contributed by atoms with van der Waals surface area (Å²) >= 11 is 0. The number of rotatable bonds is 7. The Hall–Kier alpha value is -3.29. The number of ether oxygens (including phenoxy) is 4. The Labute approximate surface area is 144 Å². The van der Waals surface area contributed by atoms with Crippen LogP contribution in [0.4, 0.5) is 5.69 Å². The van der Waals surface area contributed by atoms with Gasteiger partial charge in [0.25, 0.3) is 5.69 Å². The summed E-state index contributed by atoms with van der Waals surface area (Å²) in [4.78, 5) is 22.9. The van der Waals surface area contributed by atoms with E-state index in [2.05, 4.69) is 0 Å². The minimum Gasteiger partial charge on any atom is -0.496 e. The predicted octanol–water partition coefficient (Wildman–Crippen LogP) is 2.98. The number of hydrogen-bond donors (Lipinski definition) is 0. The van der Waals surface area contributed by atoms with Gasteiger partial charge in [-0.05, 0) is 6.07 Å². The van der Waals surface area contributed by atoms with Crippen LogP contribution in [-0.2, 0) is 11.3 Å². The van der Waals surface area contributed by atoms with Crippen molar-refractivity contribution in [3.8, 4) is 17.2 Å². The smallest absolute Gasteiger partial charge is 0.345 e. The van der Waals surface area contributed by atoms with Gasteiger partial charge in [0.2, 0.25) is 0 Å². The average molecular weight is 347 g/mol. The van der Waals surface area contributed by atoms with Crippen LogP contribution in [0.1, 0.15) is 15.9 Å². The van der Waals surface area contributed by atoms with E-state index in [4.69, 9.17) is 18.9 Å². The molecule has 0 aliphatic carbocycles. The second-order valence-electron chi connectivity index (χ2n) is 4.87. The van der Waals surface area contributed by atoms with Gasteiger partial charge in [0.05, 0.1) is 32.3 Å². The molecule has 0 heterocycles. The lowest BCUT2D eigenvalue weighted by Crippen LogP contribution is -2.09. The third kappa shape index (κ3) is 3.97. The number of carbonyl (C=O) groups is 1. The maximum atomic E-state index is 12.3. The summed E-state index contributed by atoms with van der Waals surface area (Å²) in [5.74, 6) is 0.0449. The van der Waals surface area contributed by atoms with Gasteiger partial charge in [-0.25, -0.2) is 4.79 Å². The number of nitrogens with zero attached hydrogens (tertiary/aromatic N) is 1. The van der Waals surface area contributed by atoms with Crippen LogP contribution in [0.25, 0.3) is 0 Å². The SMILES string of the molecule is COc1ccccc1COC(=O)c1cc(OC)c(OC)cc1[N+](=O)[O-]. The largest absolute Gasteiger partial charge is 0.496 e. The van der Waals surface area contributed by atoms with Gasteiger partial charge in [-0.3, -0.25) is 10.1 Å². The Bertz CT molecular complexity index is 789. The molecule has 2 aromatic carbocycles. The topological polar surface area (TPSA) is 97.1 Å². The Kier molecular flexibility index (Phi) is 5.78. The Morgan fingerprint density at radius 1 is 1.00 bits per heavy atom. The summed E-state index contributed by atoms with van der Waals surface area (Å²) < 4.78 is 20.5. The molecule has 2 rings (SSSR count). The first-order chi connectivity index (χ1) is 12.0. The van der Waals surface area contributed by atoms with Crippen LogP contribution in [0.3, 0.4) is 0 Å². The number of benzene rings is 2. The van der Waals surface area contributed by atoms with E-state index in [0.717, 1.165) is 6.07 Å². The molecular weight excluding hydrogens is 330 g/mol. The first kappa shape index (κ1) is 18.1. The van der Waals surface area contributed by atoms with E-state index < -0.39 is 16.6 Å². The number of methoxy groups -OCH3 is 3. The summed E-state index contributed by atoms with van der Waals surface area (Å²) in [5.41, 5.74) is -0.0123. The Morgan fingerprint density at radius 2 is 1.60 bits per heavy atom. The maximum absolute atomic E-state index is 12.3. The molecule has 0 N–H and O–H groups in total. The molecule has 0 radical (unpaired) electrons. The molecule has 25 heavy (non-hydrogen) atoms. The summed E-state index contributed by atoms with van der Waals surface area (Å²) in [7, 11) is 4.22. The molecule has 8 heteroatoms. The molecule has 0 spiro atoms. The molecule has 0 atom stereocenters. The highest BCUT2D eigenvalue weighted by Crippen LogP contribution is 2.35. The fourth-order valence-electron chi connectivity index (χ4n) is 2.23. The minimum atomic E-state index is -0.849. The van der Waals surface area contributed by atoms with E-state index in [9.17, 15) is 14.9 Å². The van der Waals surface area contributed by atoms with Gasteiger partial charge in [0, 0.05) is 11.6 Å². The van der Waals surface area contributed by atoms with Crippen molar-refractivity contribution in [2.24, 2.45) is 0 Å². The van der Waals surface area contributed by atoms with E-state index in [1.165, 1.54) is 27.4 Å². The van der Waals surface area contributed by atoms with Crippen LogP contribution in [0, 0.1) is 10.1 Å². The van der Waals surface area contributed by atoms with Crippen LogP contribution in [0.15, 0.2) is 36.4 Å². The first-order valence-corrected chi connectivity index (χ1v) is 7.21. The third-order valence-electron chi connectivity index (χ3n) is 3.47. The van der Waals surface area contributed by atoms with Gasteiger partial charge < -0.3 is 18.9 Å². The van der Waals surface area contributed by atoms with E-state index in [1.54, 1.807) is 24.3 Å². The zero-order valence-electron chi connectivity index (χ0n) is 14.0. The summed E-state index contributed by atoms with van der Waals surface area (Å²) in [6, 6.07) is 9.35. The van der Waals surface area contributed by atoms with Crippen LogP contribution in [0.5, 0.6) is 17.2 Å². The second-order valence-corrected chi connectivity index (χ2v) is 4.87. The average Bonchev–Trinajstić information content (AvgIpc) is 2.64. The molecule has 0 aliphatic heterocycles. The van der Waals surface area contributed by atoms with Crippen LogP contribution in [-0.4, -0.2) is 32.2 Å². The van der Waals surface area contributed by atoms with Crippen molar-refractivity contribution in [1.29, 1.82) is 0 Å². The summed E-state index contributed by atoms with van der Waals surface area (Å²) in [5, 5.41) is 11.3. The molecule has 8 nitrogen and oxygen atoms in total. The van der Waals surface area contributed by atoms with Crippen molar-refractivity contribution >= 4 is 11.7 Å². The van der Waals surface area contributed by atoms with E-state index in [1.807, 2.05) is 0 Å². The van der Waals surface area contributed by atoms with Crippen molar-refractivity contribution in [3.63, 3.8) is 0 Å². The lowest BCUT2D eigenvalue weighted by atomic mass is 10.1. The van der Waals surface area contributed by atoms with Crippen molar-refractivity contribution in [1.82, 2.24) is 0 Å². The van der Waals surface area contributed by atoms with E-state index >= 15 is 0 Å². The molecule has 0 bridgehead atoms. The van der Waals surface area contributed by atoms with Gasteiger partial charge in [0.1, 0.15) is 17.9 Å². The molecule has 0 aromatic heterocycles. The number of esters is 1. The van der Waals surface area contributed by atoms with Gasteiger partial charge in [-0.2, -0.15) is 0 Å². The van der Waals surface area contributed by atoms with Gasteiger partial charge in [-0.15, -0.1) is 0 Å². The third-order valence-corrected chi connectivity index (χ3v) is 3.47. The van der Waals surface area contributed by atoms with Gasteiger partial charge in [-0.1, -0.05) is 18.2 Å². The lowest BCUT2D eigenvalue weighted by molar-refractivity contribution is -0.385. The monoisotopic (exact) mass is 347 g/mol. The van der Waals surface area contributed by atoms with E-state index in [0.29, 0.717) is 11.3 Å². The molecule has 0 unspecified atom stereocenters. The van der Waals surface area contributed by atoms with Crippen LogP contribution >= 0.6 is 0 Å². The zero-order valence-corrected chi connectivity index (χ0v) is 14.0. The van der Waals surface area contributed by atoms with Crippen molar-refractivity contribution in [2.75, 3.05) is 21.3 Å².